The first-order chi connectivity index (χ1) is 11.3. The maximum Gasteiger partial charge on any atom is 0.340 e. The fraction of sp³-hybridized carbons (Fsp3) is 0.375. The second-order valence-corrected chi connectivity index (χ2v) is 7.94. The third-order valence-corrected chi connectivity index (χ3v) is 5.92. The van der Waals surface area contributed by atoms with Crippen LogP contribution in [0.2, 0.25) is 0 Å². The predicted octanol–water partition coefficient (Wildman–Crippen LogP) is 1.91. The second-order valence-electron chi connectivity index (χ2n) is 6.08. The van der Waals surface area contributed by atoms with Crippen LogP contribution in [-0.2, 0) is 23.0 Å². The number of hydrogen-bond acceptors (Lipinski definition) is 4. The molecule has 0 spiro atoms. The number of aromatic nitrogens is 2. The van der Waals surface area contributed by atoms with E-state index in [0.717, 1.165) is 11.1 Å². The Morgan fingerprint density at radius 2 is 1.92 bits per heavy atom. The largest absolute Gasteiger partial charge is 0.478 e. The molecule has 24 heavy (non-hydrogen) atoms. The van der Waals surface area contributed by atoms with Gasteiger partial charge in [-0.15, -0.1) is 0 Å². The maximum absolute atomic E-state index is 12.9. The number of carboxylic acids is 1. The average Bonchev–Trinajstić information content (AvgIpc) is 3.01. The quantitative estimate of drug-likeness (QED) is 0.910. The van der Waals surface area contributed by atoms with Crippen LogP contribution in [0.4, 0.5) is 0 Å². The number of carboxylic acid groups (broad SMARTS) is 1. The molecule has 1 aliphatic rings. The first-order valence-electron chi connectivity index (χ1n) is 7.70. The monoisotopic (exact) mass is 349 g/mol. The fourth-order valence-electron chi connectivity index (χ4n) is 2.77. The van der Waals surface area contributed by atoms with Crippen LogP contribution in [0.15, 0.2) is 35.5 Å². The Hall–Kier alpha value is -2.19. The lowest BCUT2D eigenvalue weighted by Crippen LogP contribution is -2.36. The van der Waals surface area contributed by atoms with Gasteiger partial charge in [0.25, 0.3) is 10.0 Å². The van der Waals surface area contributed by atoms with Crippen LogP contribution in [-0.4, -0.2) is 40.1 Å². The SMILES string of the molecule is CC(C)n1cc(C(=O)O)c(S(=O)(=O)N2CCc3ccccc3C2)n1. The van der Waals surface area contributed by atoms with Crippen molar-refractivity contribution in [1.29, 1.82) is 0 Å². The topological polar surface area (TPSA) is 92.5 Å². The minimum absolute atomic E-state index is 0.130. The lowest BCUT2D eigenvalue weighted by atomic mass is 10.0. The van der Waals surface area contributed by atoms with E-state index in [2.05, 4.69) is 5.10 Å². The zero-order valence-corrected chi connectivity index (χ0v) is 14.3. The number of nitrogens with zero attached hydrogens (tertiary/aromatic N) is 3. The average molecular weight is 349 g/mol. The van der Waals surface area contributed by atoms with E-state index in [-0.39, 0.29) is 23.2 Å². The third-order valence-electron chi connectivity index (χ3n) is 4.14. The molecule has 0 amide bonds. The van der Waals surface area contributed by atoms with Crippen LogP contribution in [0, 0.1) is 0 Å². The molecule has 0 fully saturated rings. The predicted molar refractivity (Wildman–Crippen MR) is 87.3 cm³/mol. The summed E-state index contributed by atoms with van der Waals surface area (Å²) in [6.07, 6.45) is 1.88. The number of sulfonamides is 1. The fourth-order valence-corrected chi connectivity index (χ4v) is 4.27. The molecule has 1 aliphatic heterocycles. The summed E-state index contributed by atoms with van der Waals surface area (Å²) >= 11 is 0. The van der Waals surface area contributed by atoms with Gasteiger partial charge in [-0.05, 0) is 31.4 Å². The second kappa shape index (κ2) is 6.03. The molecule has 0 atom stereocenters. The lowest BCUT2D eigenvalue weighted by molar-refractivity contribution is 0.0692. The molecule has 1 aromatic carbocycles. The van der Waals surface area contributed by atoms with Crippen molar-refractivity contribution in [2.24, 2.45) is 0 Å². The summed E-state index contributed by atoms with van der Waals surface area (Å²) in [5.41, 5.74) is 1.77. The highest BCUT2D eigenvalue weighted by Crippen LogP contribution is 2.26. The molecule has 1 aromatic heterocycles. The van der Waals surface area contributed by atoms with Crippen molar-refractivity contribution in [2.75, 3.05) is 6.54 Å². The Kier molecular flexibility index (Phi) is 4.18. The van der Waals surface area contributed by atoms with Gasteiger partial charge >= 0.3 is 5.97 Å². The zero-order valence-electron chi connectivity index (χ0n) is 13.5. The van der Waals surface area contributed by atoms with Crippen molar-refractivity contribution in [3.63, 3.8) is 0 Å². The summed E-state index contributed by atoms with van der Waals surface area (Å²) in [7, 11) is -3.97. The molecule has 2 heterocycles. The third kappa shape index (κ3) is 2.83. The van der Waals surface area contributed by atoms with Crippen molar-refractivity contribution in [3.05, 3.63) is 47.2 Å². The Morgan fingerprint density at radius 3 is 2.54 bits per heavy atom. The molecule has 0 unspecified atom stereocenters. The van der Waals surface area contributed by atoms with Crippen LogP contribution in [0.25, 0.3) is 0 Å². The molecule has 2 aromatic rings. The number of hydrogen-bond donors (Lipinski definition) is 1. The molecule has 8 heteroatoms. The first kappa shape index (κ1) is 16.7. The number of rotatable bonds is 4. The maximum atomic E-state index is 12.9. The van der Waals surface area contributed by atoms with Gasteiger partial charge in [-0.3, -0.25) is 4.68 Å². The molecule has 7 nitrogen and oxygen atoms in total. The summed E-state index contributed by atoms with van der Waals surface area (Å²) in [4.78, 5) is 11.4. The van der Waals surface area contributed by atoms with Gasteiger partial charge in [-0.1, -0.05) is 24.3 Å². The number of benzene rings is 1. The minimum atomic E-state index is -3.97. The van der Waals surface area contributed by atoms with Gasteiger partial charge in [0.15, 0.2) is 0 Å². The van der Waals surface area contributed by atoms with Gasteiger partial charge in [-0.25, -0.2) is 13.2 Å². The molecule has 3 rings (SSSR count). The van der Waals surface area contributed by atoms with Crippen molar-refractivity contribution in [3.8, 4) is 0 Å². The van der Waals surface area contributed by atoms with Crippen molar-refractivity contribution >= 4 is 16.0 Å². The van der Waals surface area contributed by atoms with Crippen LogP contribution < -0.4 is 0 Å². The highest BCUT2D eigenvalue weighted by molar-refractivity contribution is 7.89. The summed E-state index contributed by atoms with van der Waals surface area (Å²) < 4.78 is 28.6. The zero-order chi connectivity index (χ0) is 17.5. The molecule has 0 bridgehead atoms. The van der Waals surface area contributed by atoms with Gasteiger partial charge in [-0.2, -0.15) is 9.40 Å². The minimum Gasteiger partial charge on any atom is -0.478 e. The highest BCUT2D eigenvalue weighted by atomic mass is 32.2. The van der Waals surface area contributed by atoms with Gasteiger partial charge < -0.3 is 5.11 Å². The molecule has 1 N–H and O–H groups in total. The van der Waals surface area contributed by atoms with E-state index in [9.17, 15) is 18.3 Å². The van der Waals surface area contributed by atoms with Gasteiger partial charge in [0, 0.05) is 25.3 Å². The molecular weight excluding hydrogens is 330 g/mol. The van der Waals surface area contributed by atoms with Gasteiger partial charge in [0.2, 0.25) is 5.03 Å². The highest BCUT2D eigenvalue weighted by Gasteiger charge is 2.34. The van der Waals surface area contributed by atoms with Crippen molar-refractivity contribution in [2.45, 2.75) is 37.9 Å². The van der Waals surface area contributed by atoms with E-state index in [1.807, 2.05) is 38.1 Å². The summed E-state index contributed by atoms with van der Waals surface area (Å²) in [6, 6.07) is 7.53. The van der Waals surface area contributed by atoms with Crippen molar-refractivity contribution < 1.29 is 18.3 Å². The molecular formula is C16H19N3O4S. The Bertz CT molecular complexity index is 886. The van der Waals surface area contributed by atoms with E-state index in [1.54, 1.807) is 0 Å². The molecule has 128 valence electrons. The smallest absolute Gasteiger partial charge is 0.340 e. The Morgan fingerprint density at radius 1 is 1.25 bits per heavy atom. The van der Waals surface area contributed by atoms with Crippen LogP contribution in [0.3, 0.4) is 0 Å². The van der Waals surface area contributed by atoms with E-state index < -0.39 is 16.0 Å². The molecule has 0 aliphatic carbocycles. The van der Waals surface area contributed by atoms with E-state index in [4.69, 9.17) is 0 Å². The van der Waals surface area contributed by atoms with Gasteiger partial charge in [0.1, 0.15) is 5.56 Å². The lowest BCUT2D eigenvalue weighted by Gasteiger charge is -2.27. The molecule has 0 saturated heterocycles. The van der Waals surface area contributed by atoms with E-state index in [0.29, 0.717) is 13.0 Å². The Labute approximate surface area is 140 Å². The van der Waals surface area contributed by atoms with Gasteiger partial charge in [0.05, 0.1) is 0 Å². The summed E-state index contributed by atoms with van der Waals surface area (Å²) in [6.45, 7) is 4.16. The first-order valence-corrected chi connectivity index (χ1v) is 9.14. The summed E-state index contributed by atoms with van der Waals surface area (Å²) in [5.74, 6) is -1.29. The summed E-state index contributed by atoms with van der Waals surface area (Å²) in [5, 5.41) is 13.0. The Balaban J connectivity index is 2.01. The van der Waals surface area contributed by atoms with E-state index in [1.165, 1.54) is 15.2 Å². The van der Waals surface area contributed by atoms with Crippen LogP contribution in [0.5, 0.6) is 0 Å². The number of carbonyl (C=O) groups is 1. The van der Waals surface area contributed by atoms with Crippen molar-refractivity contribution in [1.82, 2.24) is 14.1 Å². The van der Waals surface area contributed by atoms with E-state index >= 15 is 0 Å². The molecule has 0 saturated carbocycles. The van der Waals surface area contributed by atoms with Crippen LogP contribution >= 0.6 is 0 Å². The number of aromatic carboxylic acids is 1. The number of fused-ring (bicyclic) bond motifs is 1. The normalized spacial score (nSPS) is 15.5. The van der Waals surface area contributed by atoms with Crippen LogP contribution in [0.1, 0.15) is 41.4 Å². The standard InChI is InChI=1S/C16H19N3O4S/c1-11(2)19-10-14(16(20)21)15(17-19)24(22,23)18-8-7-12-5-3-4-6-13(12)9-18/h3-6,10-11H,7-9H2,1-2H3,(H,20,21). The molecule has 0 radical (unpaired) electrons.